The largest absolute Gasteiger partial charge is 0.488 e. The molecule has 0 radical (unpaired) electrons. The number of halogens is 2. The third-order valence-corrected chi connectivity index (χ3v) is 4.55. The van der Waals surface area contributed by atoms with E-state index in [4.69, 9.17) is 10.5 Å². The highest BCUT2D eigenvalue weighted by molar-refractivity contribution is 8.00. The molecule has 0 aromatic heterocycles. The molecular formula is C14H17F2N3OS. The van der Waals surface area contributed by atoms with Gasteiger partial charge in [0.15, 0.2) is 11.6 Å². The molecule has 2 aliphatic heterocycles. The standard InChI is InChI=1S/C14H17F2N3OS/c1-8(17)21-14-18-2-3-19(14)11-5-9-4-10(15)6-12(16)13(9)20-7-11/h2-4,6,8,11,14,18H,5,7,17H2,1H3/t8?,11?,14-/m1/s1. The number of benzene rings is 1. The van der Waals surface area contributed by atoms with Crippen LogP contribution >= 0.6 is 11.8 Å². The van der Waals surface area contributed by atoms with Crippen LogP contribution in [0.1, 0.15) is 12.5 Å². The van der Waals surface area contributed by atoms with Crippen molar-refractivity contribution < 1.29 is 13.5 Å². The van der Waals surface area contributed by atoms with Gasteiger partial charge >= 0.3 is 0 Å². The summed E-state index contributed by atoms with van der Waals surface area (Å²) in [5.41, 5.74) is 6.39. The first-order chi connectivity index (χ1) is 10.0. The van der Waals surface area contributed by atoms with Gasteiger partial charge in [0.1, 0.15) is 17.9 Å². The quantitative estimate of drug-likeness (QED) is 0.836. The lowest BCUT2D eigenvalue weighted by atomic mass is 10.0. The number of nitrogens with one attached hydrogen (secondary N) is 1. The number of fused-ring (bicyclic) bond motifs is 1. The number of hydrogen-bond acceptors (Lipinski definition) is 5. The second-order valence-corrected chi connectivity index (χ2v) is 6.63. The average molecular weight is 313 g/mol. The van der Waals surface area contributed by atoms with Crippen molar-refractivity contribution in [3.8, 4) is 5.75 Å². The lowest BCUT2D eigenvalue weighted by Crippen LogP contribution is -2.46. The Morgan fingerprint density at radius 3 is 3.05 bits per heavy atom. The van der Waals surface area contributed by atoms with E-state index in [0.717, 1.165) is 6.07 Å². The molecule has 21 heavy (non-hydrogen) atoms. The summed E-state index contributed by atoms with van der Waals surface area (Å²) in [5.74, 6) is -1.05. The lowest BCUT2D eigenvalue weighted by molar-refractivity contribution is 0.149. The molecule has 0 spiro atoms. The van der Waals surface area contributed by atoms with E-state index >= 15 is 0 Å². The third kappa shape index (κ3) is 2.94. The Hall–Kier alpha value is -1.47. The van der Waals surface area contributed by atoms with Crippen LogP contribution in [0, 0.1) is 11.6 Å². The summed E-state index contributed by atoms with van der Waals surface area (Å²) in [7, 11) is 0. The van der Waals surface area contributed by atoms with Gasteiger partial charge in [-0.15, -0.1) is 0 Å². The number of nitrogens with two attached hydrogens (primary N) is 1. The molecule has 114 valence electrons. The molecule has 0 saturated heterocycles. The normalized spacial score (nSPS) is 25.2. The predicted octanol–water partition coefficient (Wildman–Crippen LogP) is 1.97. The first-order valence-corrected chi connectivity index (χ1v) is 7.71. The minimum Gasteiger partial charge on any atom is -0.488 e. The first kappa shape index (κ1) is 14.5. The number of hydrogen-bond donors (Lipinski definition) is 2. The zero-order chi connectivity index (χ0) is 15.0. The van der Waals surface area contributed by atoms with Crippen LogP contribution in [0.15, 0.2) is 24.5 Å². The topological polar surface area (TPSA) is 50.5 Å². The van der Waals surface area contributed by atoms with Gasteiger partial charge in [-0.2, -0.15) is 0 Å². The molecule has 0 amide bonds. The molecule has 0 bridgehead atoms. The van der Waals surface area contributed by atoms with Gasteiger partial charge in [0, 0.05) is 24.0 Å². The molecule has 4 nitrogen and oxygen atoms in total. The van der Waals surface area contributed by atoms with Gasteiger partial charge < -0.3 is 20.7 Å². The SMILES string of the molecule is CC(N)S[C@@H]1NC=CN1C1COc2c(F)cc(F)cc2C1. The maximum Gasteiger partial charge on any atom is 0.168 e. The Balaban J connectivity index is 1.78. The van der Waals surface area contributed by atoms with Crippen molar-refractivity contribution in [1.82, 2.24) is 10.2 Å². The highest BCUT2D eigenvalue weighted by Crippen LogP contribution is 2.33. The van der Waals surface area contributed by atoms with E-state index < -0.39 is 11.6 Å². The van der Waals surface area contributed by atoms with Gasteiger partial charge in [0.2, 0.25) is 0 Å². The Labute approximate surface area is 126 Å². The molecular weight excluding hydrogens is 296 g/mol. The van der Waals surface area contributed by atoms with Crippen LogP contribution in [-0.2, 0) is 6.42 Å². The summed E-state index contributed by atoms with van der Waals surface area (Å²) in [6.45, 7) is 2.28. The van der Waals surface area contributed by atoms with Crippen LogP contribution < -0.4 is 15.8 Å². The van der Waals surface area contributed by atoms with Crippen LogP contribution in [0.3, 0.4) is 0 Å². The summed E-state index contributed by atoms with van der Waals surface area (Å²) >= 11 is 1.58. The fraction of sp³-hybridized carbons (Fsp3) is 0.429. The van der Waals surface area contributed by atoms with E-state index in [1.54, 1.807) is 11.8 Å². The Morgan fingerprint density at radius 2 is 2.29 bits per heavy atom. The van der Waals surface area contributed by atoms with Crippen LogP contribution in [0.5, 0.6) is 5.75 Å². The summed E-state index contributed by atoms with van der Waals surface area (Å²) < 4.78 is 32.5. The second kappa shape index (κ2) is 5.73. The monoisotopic (exact) mass is 313 g/mol. The smallest absolute Gasteiger partial charge is 0.168 e. The van der Waals surface area contributed by atoms with Crippen molar-refractivity contribution in [1.29, 1.82) is 0 Å². The fourth-order valence-corrected chi connectivity index (χ4v) is 3.56. The van der Waals surface area contributed by atoms with Crippen molar-refractivity contribution >= 4 is 11.8 Å². The molecule has 1 aromatic rings. The molecule has 0 saturated carbocycles. The van der Waals surface area contributed by atoms with Gasteiger partial charge in [-0.25, -0.2) is 8.78 Å². The van der Waals surface area contributed by atoms with E-state index in [2.05, 4.69) is 10.2 Å². The van der Waals surface area contributed by atoms with E-state index in [1.807, 2.05) is 19.3 Å². The highest BCUT2D eigenvalue weighted by atomic mass is 32.2. The average Bonchev–Trinajstić information content (AvgIpc) is 2.85. The number of thioether (sulfide) groups is 1. The molecule has 3 N–H and O–H groups in total. The highest BCUT2D eigenvalue weighted by Gasteiger charge is 2.32. The van der Waals surface area contributed by atoms with Crippen LogP contribution in [0.2, 0.25) is 0 Å². The van der Waals surface area contributed by atoms with Gasteiger partial charge in [0.05, 0.1) is 11.4 Å². The molecule has 0 fully saturated rings. The van der Waals surface area contributed by atoms with E-state index in [0.29, 0.717) is 18.6 Å². The van der Waals surface area contributed by atoms with Crippen LogP contribution in [0.25, 0.3) is 0 Å². The van der Waals surface area contributed by atoms with Crippen LogP contribution in [0.4, 0.5) is 8.78 Å². The Morgan fingerprint density at radius 1 is 1.48 bits per heavy atom. The van der Waals surface area contributed by atoms with Crippen molar-refractivity contribution in [3.05, 3.63) is 41.7 Å². The Bertz CT molecular complexity index is 567. The number of ether oxygens (including phenoxy) is 1. The Kier molecular flexibility index (Phi) is 3.95. The maximum atomic E-state index is 13.7. The summed E-state index contributed by atoms with van der Waals surface area (Å²) in [5, 5.41) is 3.19. The number of nitrogens with zero attached hydrogens (tertiary/aromatic N) is 1. The zero-order valence-electron chi connectivity index (χ0n) is 11.6. The molecule has 2 heterocycles. The van der Waals surface area contributed by atoms with Gasteiger partial charge in [-0.05, 0) is 19.4 Å². The van der Waals surface area contributed by atoms with Crippen LogP contribution in [-0.4, -0.2) is 28.4 Å². The predicted molar refractivity (Wildman–Crippen MR) is 78.5 cm³/mol. The molecule has 3 atom stereocenters. The minimum atomic E-state index is -0.639. The van der Waals surface area contributed by atoms with Gasteiger partial charge in [0.25, 0.3) is 0 Å². The van der Waals surface area contributed by atoms with Crippen molar-refractivity contribution in [2.24, 2.45) is 5.73 Å². The van der Waals surface area contributed by atoms with E-state index in [9.17, 15) is 8.78 Å². The lowest BCUT2D eigenvalue weighted by Gasteiger charge is -2.36. The third-order valence-electron chi connectivity index (χ3n) is 3.48. The zero-order valence-corrected chi connectivity index (χ0v) is 12.4. The molecule has 1 aromatic carbocycles. The molecule has 0 aliphatic carbocycles. The maximum absolute atomic E-state index is 13.7. The van der Waals surface area contributed by atoms with Crippen molar-refractivity contribution in [2.45, 2.75) is 30.3 Å². The first-order valence-electron chi connectivity index (χ1n) is 6.76. The summed E-state index contributed by atoms with van der Waals surface area (Å²) in [6.07, 6.45) is 4.31. The van der Waals surface area contributed by atoms with E-state index in [1.165, 1.54) is 6.07 Å². The molecule has 3 rings (SSSR count). The number of rotatable bonds is 3. The molecule has 2 aliphatic rings. The van der Waals surface area contributed by atoms with Gasteiger partial charge in [-0.3, -0.25) is 0 Å². The van der Waals surface area contributed by atoms with Crippen molar-refractivity contribution in [2.75, 3.05) is 6.61 Å². The van der Waals surface area contributed by atoms with Gasteiger partial charge in [-0.1, -0.05) is 11.8 Å². The second-order valence-electron chi connectivity index (χ2n) is 5.17. The minimum absolute atomic E-state index is 0.0126. The van der Waals surface area contributed by atoms with E-state index in [-0.39, 0.29) is 22.7 Å². The van der Waals surface area contributed by atoms with Crippen molar-refractivity contribution in [3.63, 3.8) is 0 Å². The molecule has 2 unspecified atom stereocenters. The fourth-order valence-electron chi connectivity index (χ4n) is 2.61. The molecule has 7 heteroatoms. The summed E-state index contributed by atoms with van der Waals surface area (Å²) in [4.78, 5) is 2.08. The summed E-state index contributed by atoms with van der Waals surface area (Å²) in [6, 6.07) is 2.21.